The monoisotopic (exact) mass is 324 g/mol. The number of esters is 1. The predicted octanol–water partition coefficient (Wildman–Crippen LogP) is 2.63. The summed E-state index contributed by atoms with van der Waals surface area (Å²) >= 11 is 5.89. The summed E-state index contributed by atoms with van der Waals surface area (Å²) in [5.74, 6) is 0.0371. The Hall–Kier alpha value is -1.75. The van der Waals surface area contributed by atoms with E-state index in [0.29, 0.717) is 28.7 Å². The first kappa shape index (κ1) is 16.6. The molecule has 1 aliphatic carbocycles. The zero-order chi connectivity index (χ0) is 16.1. The van der Waals surface area contributed by atoms with Gasteiger partial charge in [0.1, 0.15) is 0 Å². The molecule has 2 rings (SSSR count). The predicted molar refractivity (Wildman–Crippen MR) is 85.7 cm³/mol. The van der Waals surface area contributed by atoms with Crippen molar-refractivity contribution in [1.29, 1.82) is 0 Å². The van der Waals surface area contributed by atoms with E-state index in [1.165, 1.54) is 7.11 Å². The van der Waals surface area contributed by atoms with E-state index in [2.05, 4.69) is 5.32 Å². The van der Waals surface area contributed by atoms with Crippen molar-refractivity contribution in [3.63, 3.8) is 0 Å². The topological polar surface area (TPSA) is 81.4 Å². The lowest BCUT2D eigenvalue weighted by Gasteiger charge is -2.27. The number of amides is 1. The summed E-state index contributed by atoms with van der Waals surface area (Å²) in [7, 11) is 1.42. The highest BCUT2D eigenvalue weighted by Gasteiger charge is 2.27. The molecule has 1 amide bonds. The van der Waals surface area contributed by atoms with Gasteiger partial charge in [0.25, 0.3) is 5.91 Å². The van der Waals surface area contributed by atoms with Crippen LogP contribution < -0.4 is 11.1 Å². The van der Waals surface area contributed by atoms with E-state index >= 15 is 0 Å². The lowest BCUT2D eigenvalue weighted by atomic mass is 9.82. The molecule has 0 spiro atoms. The Morgan fingerprint density at radius 2 is 2.00 bits per heavy atom. The second-order valence-electron chi connectivity index (χ2n) is 5.68. The van der Waals surface area contributed by atoms with Crippen LogP contribution >= 0.6 is 11.6 Å². The molecule has 22 heavy (non-hydrogen) atoms. The van der Waals surface area contributed by atoms with Crippen molar-refractivity contribution in [3.05, 3.63) is 28.8 Å². The molecule has 0 aliphatic heterocycles. The third kappa shape index (κ3) is 4.13. The van der Waals surface area contributed by atoms with Gasteiger partial charge in [-0.15, -0.1) is 0 Å². The van der Waals surface area contributed by atoms with Crippen molar-refractivity contribution in [2.24, 2.45) is 11.8 Å². The van der Waals surface area contributed by atoms with Gasteiger partial charge in [-0.1, -0.05) is 11.6 Å². The molecule has 1 aliphatic rings. The number of methoxy groups -OCH3 is 1. The number of anilines is 1. The van der Waals surface area contributed by atoms with Crippen LogP contribution in [0.2, 0.25) is 5.02 Å². The van der Waals surface area contributed by atoms with Crippen molar-refractivity contribution >= 4 is 29.2 Å². The van der Waals surface area contributed by atoms with Crippen LogP contribution in [-0.4, -0.2) is 25.5 Å². The van der Waals surface area contributed by atoms with Crippen molar-refractivity contribution < 1.29 is 14.3 Å². The van der Waals surface area contributed by atoms with Crippen LogP contribution in [0.1, 0.15) is 36.0 Å². The number of nitrogen functional groups attached to an aromatic ring is 1. The number of carbonyl (C=O) groups is 2. The number of halogens is 1. The van der Waals surface area contributed by atoms with Gasteiger partial charge in [-0.25, -0.2) is 0 Å². The molecule has 3 N–H and O–H groups in total. The molecule has 1 fully saturated rings. The fraction of sp³-hybridized carbons (Fsp3) is 0.500. The fourth-order valence-corrected chi connectivity index (χ4v) is 3.00. The Labute approximate surface area is 135 Å². The number of benzene rings is 1. The number of carbonyl (C=O) groups excluding carboxylic acids is 2. The third-order valence-corrected chi connectivity index (χ3v) is 4.43. The highest BCUT2D eigenvalue weighted by atomic mass is 35.5. The Balaban J connectivity index is 1.83. The van der Waals surface area contributed by atoms with Gasteiger partial charge in [0, 0.05) is 17.3 Å². The molecule has 0 unspecified atom stereocenters. The Kier molecular flexibility index (Phi) is 5.66. The Morgan fingerprint density at radius 3 is 2.64 bits per heavy atom. The van der Waals surface area contributed by atoms with Crippen molar-refractivity contribution in [2.45, 2.75) is 25.7 Å². The highest BCUT2D eigenvalue weighted by Crippen LogP contribution is 2.29. The number of nitrogens with two attached hydrogens (primary N) is 1. The average molecular weight is 325 g/mol. The second kappa shape index (κ2) is 7.49. The van der Waals surface area contributed by atoms with Crippen LogP contribution in [-0.2, 0) is 9.53 Å². The van der Waals surface area contributed by atoms with Crippen LogP contribution in [0.3, 0.4) is 0 Å². The normalized spacial score (nSPS) is 21.2. The minimum Gasteiger partial charge on any atom is -0.469 e. The third-order valence-electron chi connectivity index (χ3n) is 4.19. The van der Waals surface area contributed by atoms with Crippen molar-refractivity contribution in [2.75, 3.05) is 19.4 Å². The minimum absolute atomic E-state index is 0.000487. The summed E-state index contributed by atoms with van der Waals surface area (Å²) in [5.41, 5.74) is 6.61. The van der Waals surface area contributed by atoms with E-state index in [-0.39, 0.29) is 17.8 Å². The van der Waals surface area contributed by atoms with E-state index < -0.39 is 0 Å². The first-order chi connectivity index (χ1) is 10.5. The highest BCUT2D eigenvalue weighted by molar-refractivity contribution is 6.31. The van der Waals surface area contributed by atoms with Crippen LogP contribution in [0.5, 0.6) is 0 Å². The van der Waals surface area contributed by atoms with E-state index in [4.69, 9.17) is 22.1 Å². The maximum absolute atomic E-state index is 12.2. The lowest BCUT2D eigenvalue weighted by molar-refractivity contribution is -0.146. The van der Waals surface area contributed by atoms with Gasteiger partial charge < -0.3 is 15.8 Å². The van der Waals surface area contributed by atoms with Gasteiger partial charge in [0.15, 0.2) is 0 Å². The molecular formula is C16H21ClN2O3. The molecule has 6 heteroatoms. The minimum atomic E-state index is -0.213. The van der Waals surface area contributed by atoms with Gasteiger partial charge in [-0.05, 0) is 49.8 Å². The summed E-state index contributed by atoms with van der Waals surface area (Å²) in [6.07, 6.45) is 3.44. The standard InChI is InChI=1S/C16H21ClN2O3/c1-22-16(21)11-4-2-10(3-5-11)9-19-15(20)13-8-12(17)6-7-14(13)18/h6-8,10-11H,2-5,9,18H2,1H3,(H,19,20). The zero-order valence-corrected chi connectivity index (χ0v) is 13.4. The quantitative estimate of drug-likeness (QED) is 0.659. The van der Waals surface area contributed by atoms with E-state index in [9.17, 15) is 9.59 Å². The molecular weight excluding hydrogens is 304 g/mol. The zero-order valence-electron chi connectivity index (χ0n) is 12.6. The van der Waals surface area contributed by atoms with Gasteiger partial charge in [-0.3, -0.25) is 9.59 Å². The van der Waals surface area contributed by atoms with Crippen molar-refractivity contribution in [1.82, 2.24) is 5.32 Å². The largest absolute Gasteiger partial charge is 0.469 e. The number of rotatable bonds is 4. The number of hydrogen-bond acceptors (Lipinski definition) is 4. The molecule has 0 radical (unpaired) electrons. The molecule has 5 nitrogen and oxygen atoms in total. The Bertz CT molecular complexity index is 554. The maximum atomic E-state index is 12.2. The molecule has 1 aromatic carbocycles. The summed E-state index contributed by atoms with van der Waals surface area (Å²) in [5, 5.41) is 3.39. The molecule has 0 saturated heterocycles. The number of nitrogens with one attached hydrogen (secondary N) is 1. The Morgan fingerprint density at radius 1 is 1.32 bits per heavy atom. The first-order valence-corrected chi connectivity index (χ1v) is 7.80. The molecule has 1 saturated carbocycles. The average Bonchev–Trinajstić information content (AvgIpc) is 2.54. The molecule has 0 atom stereocenters. The van der Waals surface area contributed by atoms with Gasteiger partial charge in [0.05, 0.1) is 18.6 Å². The van der Waals surface area contributed by atoms with Crippen LogP contribution in [0.25, 0.3) is 0 Å². The van der Waals surface area contributed by atoms with E-state index in [1.54, 1.807) is 18.2 Å². The smallest absolute Gasteiger partial charge is 0.308 e. The summed E-state index contributed by atoms with van der Waals surface area (Å²) < 4.78 is 4.77. The summed E-state index contributed by atoms with van der Waals surface area (Å²) in [6.45, 7) is 0.582. The number of hydrogen-bond donors (Lipinski definition) is 2. The maximum Gasteiger partial charge on any atom is 0.308 e. The van der Waals surface area contributed by atoms with Crippen molar-refractivity contribution in [3.8, 4) is 0 Å². The summed E-state index contributed by atoms with van der Waals surface area (Å²) in [6, 6.07) is 4.85. The van der Waals surface area contributed by atoms with Crippen LogP contribution in [0, 0.1) is 11.8 Å². The summed E-state index contributed by atoms with van der Waals surface area (Å²) in [4.78, 5) is 23.6. The van der Waals surface area contributed by atoms with Crippen LogP contribution in [0.15, 0.2) is 18.2 Å². The van der Waals surface area contributed by atoms with Gasteiger partial charge >= 0.3 is 5.97 Å². The SMILES string of the molecule is COC(=O)C1CCC(CNC(=O)c2cc(Cl)ccc2N)CC1. The molecule has 0 heterocycles. The molecule has 120 valence electrons. The van der Waals surface area contributed by atoms with Gasteiger partial charge in [-0.2, -0.15) is 0 Å². The van der Waals surface area contributed by atoms with Crippen LogP contribution in [0.4, 0.5) is 5.69 Å². The van der Waals surface area contributed by atoms with E-state index in [1.807, 2.05) is 0 Å². The number of ether oxygens (including phenoxy) is 1. The first-order valence-electron chi connectivity index (χ1n) is 7.42. The second-order valence-corrected chi connectivity index (χ2v) is 6.12. The molecule has 0 bridgehead atoms. The van der Waals surface area contributed by atoms with Gasteiger partial charge in [0.2, 0.25) is 0 Å². The lowest BCUT2D eigenvalue weighted by Crippen LogP contribution is -2.33. The molecule has 0 aromatic heterocycles. The fourth-order valence-electron chi connectivity index (χ4n) is 2.83. The molecule has 1 aromatic rings. The van der Waals surface area contributed by atoms with E-state index in [0.717, 1.165) is 25.7 Å².